The maximum Gasteiger partial charge on any atom is 0.191 e. The molecule has 0 saturated carbocycles. The van der Waals surface area contributed by atoms with Crippen LogP contribution in [0, 0.1) is 0 Å². The third-order valence-electron chi connectivity index (χ3n) is 6.45. The molecule has 2 fully saturated rings. The lowest BCUT2D eigenvalue weighted by Crippen LogP contribution is -2.46. The Labute approximate surface area is 176 Å². The Morgan fingerprint density at radius 2 is 1.97 bits per heavy atom. The lowest BCUT2D eigenvalue weighted by molar-refractivity contribution is 0.0531. The second kappa shape index (κ2) is 10.8. The average Bonchev–Trinajstić information content (AvgIpc) is 3.24. The zero-order valence-electron chi connectivity index (χ0n) is 18.4. The Bertz CT molecular complexity index is 641. The van der Waals surface area contributed by atoms with Gasteiger partial charge in [0.15, 0.2) is 5.96 Å². The van der Waals surface area contributed by atoms with E-state index in [9.17, 15) is 0 Å². The molecule has 6 nitrogen and oxygen atoms in total. The van der Waals surface area contributed by atoms with Crippen LogP contribution in [0.3, 0.4) is 0 Å². The summed E-state index contributed by atoms with van der Waals surface area (Å²) in [5, 5.41) is 7.03. The van der Waals surface area contributed by atoms with Crippen LogP contribution in [0.5, 0.6) is 5.75 Å². The second-order valence-corrected chi connectivity index (χ2v) is 8.12. The van der Waals surface area contributed by atoms with Crippen LogP contribution in [-0.2, 0) is 10.2 Å². The van der Waals surface area contributed by atoms with Crippen LogP contribution in [0.2, 0.25) is 0 Å². The molecule has 162 valence electrons. The molecule has 0 spiro atoms. The number of likely N-dealkylation sites (N-methyl/N-ethyl adjacent to an activating group) is 1. The van der Waals surface area contributed by atoms with Crippen LogP contribution in [0.1, 0.15) is 45.1 Å². The number of ether oxygens (including phenoxy) is 2. The first kappa shape index (κ1) is 21.9. The van der Waals surface area contributed by atoms with Gasteiger partial charge in [-0.15, -0.1) is 0 Å². The third-order valence-corrected chi connectivity index (χ3v) is 6.45. The van der Waals surface area contributed by atoms with E-state index in [1.54, 1.807) is 7.11 Å². The van der Waals surface area contributed by atoms with Crippen LogP contribution >= 0.6 is 0 Å². The van der Waals surface area contributed by atoms with Gasteiger partial charge in [-0.1, -0.05) is 19.1 Å². The highest BCUT2D eigenvalue weighted by Crippen LogP contribution is 2.36. The fourth-order valence-corrected chi connectivity index (χ4v) is 4.57. The topological polar surface area (TPSA) is 58.1 Å². The normalized spacial score (nSPS) is 22.4. The minimum atomic E-state index is 0.0235. The second-order valence-electron chi connectivity index (χ2n) is 8.12. The Balaban J connectivity index is 1.70. The number of methoxy groups -OCH3 is 1. The Hall–Kier alpha value is -1.79. The van der Waals surface area contributed by atoms with Crippen LogP contribution in [0.25, 0.3) is 0 Å². The summed E-state index contributed by atoms with van der Waals surface area (Å²) >= 11 is 0. The smallest absolute Gasteiger partial charge is 0.191 e. The number of hydrogen-bond acceptors (Lipinski definition) is 4. The van der Waals surface area contributed by atoms with Gasteiger partial charge >= 0.3 is 0 Å². The van der Waals surface area contributed by atoms with Crippen LogP contribution in [-0.4, -0.2) is 69.9 Å². The summed E-state index contributed by atoms with van der Waals surface area (Å²) in [6.07, 6.45) is 4.56. The molecule has 2 aliphatic heterocycles. The quantitative estimate of drug-likeness (QED) is 0.517. The molecule has 29 heavy (non-hydrogen) atoms. The lowest BCUT2D eigenvalue weighted by Gasteiger charge is -2.37. The zero-order valence-corrected chi connectivity index (χ0v) is 18.4. The van der Waals surface area contributed by atoms with Crippen molar-refractivity contribution in [1.29, 1.82) is 0 Å². The zero-order chi connectivity index (χ0) is 20.5. The molecule has 0 bridgehead atoms. The first-order valence-corrected chi connectivity index (χ1v) is 11.2. The molecule has 0 radical (unpaired) electrons. The molecule has 1 aromatic carbocycles. The van der Waals surface area contributed by atoms with E-state index in [0.717, 1.165) is 63.9 Å². The van der Waals surface area contributed by atoms with Gasteiger partial charge in [0, 0.05) is 37.8 Å². The predicted molar refractivity (Wildman–Crippen MR) is 119 cm³/mol. The number of benzene rings is 1. The molecular formula is C23H38N4O2. The highest BCUT2D eigenvalue weighted by Gasteiger charge is 2.34. The van der Waals surface area contributed by atoms with Crippen molar-refractivity contribution in [2.24, 2.45) is 4.99 Å². The maximum atomic E-state index is 5.67. The molecule has 0 aromatic heterocycles. The van der Waals surface area contributed by atoms with Gasteiger partial charge in [-0.05, 0) is 63.4 Å². The number of likely N-dealkylation sites (tertiary alicyclic amines) is 1. The number of nitrogens with zero attached hydrogens (tertiary/aromatic N) is 2. The SMILES string of the molecule is CCNC(=NCC1(c2ccc(OC)cc2)CCOCC1)NCC1CCCN1CC. The summed E-state index contributed by atoms with van der Waals surface area (Å²) in [4.78, 5) is 7.59. The highest BCUT2D eigenvalue weighted by atomic mass is 16.5. The van der Waals surface area contributed by atoms with Crippen molar-refractivity contribution in [3.05, 3.63) is 29.8 Å². The molecule has 0 amide bonds. The molecule has 0 aliphatic carbocycles. The minimum absolute atomic E-state index is 0.0235. The fourth-order valence-electron chi connectivity index (χ4n) is 4.57. The molecular weight excluding hydrogens is 364 g/mol. The number of rotatable bonds is 8. The van der Waals surface area contributed by atoms with Gasteiger partial charge in [0.1, 0.15) is 5.75 Å². The summed E-state index contributed by atoms with van der Waals surface area (Å²) in [5.41, 5.74) is 1.35. The molecule has 1 aromatic rings. The van der Waals surface area contributed by atoms with Crippen molar-refractivity contribution in [2.75, 3.05) is 53.0 Å². The standard InChI is InChI=1S/C23H38N4O2/c1-4-24-22(25-17-20-7-6-14-27(20)5-2)26-18-23(12-15-29-16-13-23)19-8-10-21(28-3)11-9-19/h8-11,20H,4-7,12-18H2,1-3H3,(H2,24,25,26). The molecule has 3 rings (SSSR count). The van der Waals surface area contributed by atoms with Gasteiger partial charge in [0.05, 0.1) is 13.7 Å². The van der Waals surface area contributed by atoms with E-state index in [2.05, 4.69) is 53.6 Å². The first-order valence-electron chi connectivity index (χ1n) is 11.2. The number of aliphatic imine (C=N–C) groups is 1. The van der Waals surface area contributed by atoms with Crippen molar-refractivity contribution < 1.29 is 9.47 Å². The van der Waals surface area contributed by atoms with Gasteiger partial charge in [-0.3, -0.25) is 9.89 Å². The van der Waals surface area contributed by atoms with E-state index in [0.29, 0.717) is 6.04 Å². The predicted octanol–water partition coefficient (Wildman–Crippen LogP) is 2.78. The highest BCUT2D eigenvalue weighted by molar-refractivity contribution is 5.79. The van der Waals surface area contributed by atoms with Crippen molar-refractivity contribution in [3.8, 4) is 5.75 Å². The Morgan fingerprint density at radius 3 is 2.62 bits per heavy atom. The van der Waals surface area contributed by atoms with Crippen LogP contribution in [0.15, 0.2) is 29.3 Å². The van der Waals surface area contributed by atoms with Gasteiger partial charge in [0.2, 0.25) is 0 Å². The van der Waals surface area contributed by atoms with E-state index < -0.39 is 0 Å². The van der Waals surface area contributed by atoms with E-state index in [-0.39, 0.29) is 5.41 Å². The lowest BCUT2D eigenvalue weighted by atomic mass is 9.74. The van der Waals surface area contributed by atoms with E-state index in [1.807, 2.05) is 0 Å². The van der Waals surface area contributed by atoms with Gasteiger partial charge in [-0.2, -0.15) is 0 Å². The largest absolute Gasteiger partial charge is 0.497 e. The number of nitrogens with one attached hydrogen (secondary N) is 2. The molecule has 6 heteroatoms. The summed E-state index contributed by atoms with van der Waals surface area (Å²) < 4.78 is 11.0. The molecule has 2 heterocycles. The minimum Gasteiger partial charge on any atom is -0.497 e. The number of hydrogen-bond donors (Lipinski definition) is 2. The van der Waals surface area contributed by atoms with Crippen LogP contribution < -0.4 is 15.4 Å². The van der Waals surface area contributed by atoms with E-state index in [4.69, 9.17) is 14.5 Å². The monoisotopic (exact) mass is 402 g/mol. The average molecular weight is 403 g/mol. The van der Waals surface area contributed by atoms with Gasteiger partial charge in [0.25, 0.3) is 0 Å². The summed E-state index contributed by atoms with van der Waals surface area (Å²) in [6.45, 7) is 10.9. The summed E-state index contributed by atoms with van der Waals surface area (Å²) in [5.74, 6) is 1.82. The molecule has 2 aliphatic rings. The van der Waals surface area contributed by atoms with Crippen molar-refractivity contribution in [3.63, 3.8) is 0 Å². The van der Waals surface area contributed by atoms with Crippen LogP contribution in [0.4, 0.5) is 0 Å². The van der Waals surface area contributed by atoms with E-state index >= 15 is 0 Å². The molecule has 2 saturated heterocycles. The summed E-state index contributed by atoms with van der Waals surface area (Å²) in [7, 11) is 1.71. The third kappa shape index (κ3) is 5.64. The molecule has 1 unspecified atom stereocenters. The number of guanidine groups is 1. The summed E-state index contributed by atoms with van der Waals surface area (Å²) in [6, 6.07) is 9.11. The fraction of sp³-hybridized carbons (Fsp3) is 0.696. The first-order chi connectivity index (χ1) is 14.2. The van der Waals surface area contributed by atoms with Gasteiger partial charge in [-0.25, -0.2) is 0 Å². The Kier molecular flexibility index (Phi) is 8.19. The van der Waals surface area contributed by atoms with E-state index in [1.165, 1.54) is 24.9 Å². The van der Waals surface area contributed by atoms with Crippen molar-refractivity contribution in [1.82, 2.24) is 15.5 Å². The molecule has 1 atom stereocenters. The van der Waals surface area contributed by atoms with Crippen molar-refractivity contribution in [2.45, 2.75) is 51.0 Å². The van der Waals surface area contributed by atoms with Crippen molar-refractivity contribution >= 4 is 5.96 Å². The Morgan fingerprint density at radius 1 is 1.21 bits per heavy atom. The maximum absolute atomic E-state index is 5.67. The molecule has 2 N–H and O–H groups in total. The van der Waals surface area contributed by atoms with Gasteiger partial charge < -0.3 is 20.1 Å².